The number of benzene rings is 1. The summed E-state index contributed by atoms with van der Waals surface area (Å²) in [5, 5.41) is 0. The maximum atomic E-state index is 10.7. The Morgan fingerprint density at radius 1 is 1.35 bits per heavy atom. The maximum Gasteiger partial charge on any atom is 0.338 e. The van der Waals surface area contributed by atoms with Crippen molar-refractivity contribution in [3.63, 3.8) is 0 Å². The lowest BCUT2D eigenvalue weighted by Crippen LogP contribution is -1.94. The molecule has 0 unspecified atom stereocenters. The summed E-state index contributed by atoms with van der Waals surface area (Å²) in [4.78, 5) is 10.7. The van der Waals surface area contributed by atoms with Crippen LogP contribution in [0.15, 0.2) is 48.2 Å². The number of carbonyl (C=O) groups is 1. The highest BCUT2D eigenvalue weighted by molar-refractivity contribution is 5.81. The van der Waals surface area contributed by atoms with Crippen LogP contribution in [0, 0.1) is 0 Å². The topological polar surface area (TPSA) is 35.5 Å². The van der Waals surface area contributed by atoms with Crippen LogP contribution in [0.3, 0.4) is 0 Å². The molecule has 0 radical (unpaired) electrons. The summed E-state index contributed by atoms with van der Waals surface area (Å²) in [5.41, 5.74) is 3.88. The molecule has 0 N–H and O–H groups in total. The van der Waals surface area contributed by atoms with E-state index in [4.69, 9.17) is 4.74 Å². The molecule has 0 bridgehead atoms. The minimum absolute atomic E-state index is 0.397. The third-order valence-electron chi connectivity index (χ3n) is 2.04. The van der Waals surface area contributed by atoms with Gasteiger partial charge in [-0.3, -0.25) is 0 Å². The van der Waals surface area contributed by atoms with Gasteiger partial charge in [0.05, 0.1) is 26.4 Å². The normalized spacial score (nSPS) is 9.24. The largest absolute Gasteiger partial charge is 0.465 e. The third-order valence-corrected chi connectivity index (χ3v) is 2.04. The summed E-state index contributed by atoms with van der Waals surface area (Å²) in [6.07, 6.45) is 3.74. The molecule has 0 aliphatic heterocycles. The van der Waals surface area contributed by atoms with E-state index in [1.807, 2.05) is 30.3 Å². The van der Waals surface area contributed by atoms with Gasteiger partial charge in [-0.15, -0.1) is 5.73 Å². The van der Waals surface area contributed by atoms with Crippen molar-refractivity contribution in [3.8, 4) is 0 Å². The molecule has 0 heterocycles. The monoisotopic (exact) mass is 232 g/mol. The second kappa shape index (κ2) is 8.34. The van der Waals surface area contributed by atoms with Crippen molar-refractivity contribution in [1.82, 2.24) is 0 Å². The zero-order valence-corrected chi connectivity index (χ0v) is 9.89. The van der Waals surface area contributed by atoms with Gasteiger partial charge < -0.3 is 9.47 Å². The van der Waals surface area contributed by atoms with Gasteiger partial charge in [0.25, 0.3) is 0 Å². The highest BCUT2D eigenvalue weighted by atomic mass is 16.5. The SMILES string of the molecule is COC(=O)C=C=CCCOCc1ccccc1. The first-order chi connectivity index (χ1) is 8.33. The van der Waals surface area contributed by atoms with Gasteiger partial charge in [0.2, 0.25) is 0 Å². The number of methoxy groups -OCH3 is 1. The summed E-state index contributed by atoms with van der Waals surface area (Å²) < 4.78 is 9.88. The molecule has 17 heavy (non-hydrogen) atoms. The Bertz CT molecular complexity index is 389. The van der Waals surface area contributed by atoms with E-state index in [1.54, 1.807) is 6.08 Å². The van der Waals surface area contributed by atoms with Gasteiger partial charge in [-0.25, -0.2) is 4.79 Å². The Hall–Kier alpha value is -1.83. The van der Waals surface area contributed by atoms with Crippen molar-refractivity contribution in [3.05, 3.63) is 53.8 Å². The average Bonchev–Trinajstić information content (AvgIpc) is 2.38. The minimum atomic E-state index is -0.397. The summed E-state index contributed by atoms with van der Waals surface area (Å²) >= 11 is 0. The van der Waals surface area contributed by atoms with Gasteiger partial charge in [-0.2, -0.15) is 0 Å². The summed E-state index contributed by atoms with van der Waals surface area (Å²) in [5.74, 6) is -0.397. The minimum Gasteiger partial charge on any atom is -0.465 e. The summed E-state index contributed by atoms with van der Waals surface area (Å²) in [7, 11) is 1.34. The van der Waals surface area contributed by atoms with Gasteiger partial charge in [0.15, 0.2) is 0 Å². The van der Waals surface area contributed by atoms with Crippen molar-refractivity contribution >= 4 is 5.97 Å². The van der Waals surface area contributed by atoms with Gasteiger partial charge >= 0.3 is 5.97 Å². The number of hydrogen-bond donors (Lipinski definition) is 0. The Labute approximate surface area is 101 Å². The lowest BCUT2D eigenvalue weighted by molar-refractivity contribution is -0.134. The van der Waals surface area contributed by atoms with E-state index in [-0.39, 0.29) is 0 Å². The Morgan fingerprint density at radius 3 is 2.82 bits per heavy atom. The first-order valence-corrected chi connectivity index (χ1v) is 5.43. The Balaban J connectivity index is 2.13. The van der Waals surface area contributed by atoms with Crippen molar-refractivity contribution in [2.75, 3.05) is 13.7 Å². The standard InChI is InChI=1S/C14H16O3/c1-16-14(15)10-6-3-7-11-17-12-13-8-4-2-5-9-13/h2-5,8-10H,7,11-12H2,1H3. The number of carbonyl (C=O) groups excluding carboxylic acids is 1. The van der Waals surface area contributed by atoms with Gasteiger partial charge in [0, 0.05) is 0 Å². The van der Waals surface area contributed by atoms with Crippen LogP contribution in [0.25, 0.3) is 0 Å². The molecule has 90 valence electrons. The first kappa shape index (κ1) is 13.2. The van der Waals surface area contributed by atoms with Gasteiger partial charge in [-0.1, -0.05) is 30.3 Å². The fourth-order valence-electron chi connectivity index (χ4n) is 1.18. The zero-order valence-electron chi connectivity index (χ0n) is 9.89. The average molecular weight is 232 g/mol. The molecule has 1 aromatic rings. The highest BCUT2D eigenvalue weighted by Gasteiger charge is 1.90. The van der Waals surface area contributed by atoms with Crippen LogP contribution in [0.1, 0.15) is 12.0 Å². The molecule has 0 atom stereocenters. The van der Waals surface area contributed by atoms with Crippen molar-refractivity contribution in [2.24, 2.45) is 0 Å². The van der Waals surface area contributed by atoms with Gasteiger partial charge in [-0.05, 0) is 18.1 Å². The van der Waals surface area contributed by atoms with Crippen LogP contribution in [0.2, 0.25) is 0 Å². The van der Waals surface area contributed by atoms with Crippen molar-refractivity contribution in [1.29, 1.82) is 0 Å². The lowest BCUT2D eigenvalue weighted by Gasteiger charge is -2.01. The van der Waals surface area contributed by atoms with Crippen LogP contribution < -0.4 is 0 Å². The molecular formula is C14H16O3. The van der Waals surface area contributed by atoms with Crippen molar-refractivity contribution < 1.29 is 14.3 Å². The predicted molar refractivity (Wildman–Crippen MR) is 65.4 cm³/mol. The highest BCUT2D eigenvalue weighted by Crippen LogP contribution is 2.00. The molecular weight excluding hydrogens is 216 g/mol. The molecule has 0 amide bonds. The van der Waals surface area contributed by atoms with Crippen LogP contribution >= 0.6 is 0 Å². The van der Waals surface area contributed by atoms with Crippen LogP contribution in [-0.2, 0) is 20.9 Å². The van der Waals surface area contributed by atoms with Crippen LogP contribution in [0.5, 0.6) is 0 Å². The van der Waals surface area contributed by atoms with Crippen LogP contribution in [0.4, 0.5) is 0 Å². The molecule has 0 aliphatic carbocycles. The molecule has 3 nitrogen and oxygen atoms in total. The van der Waals surface area contributed by atoms with E-state index in [1.165, 1.54) is 13.2 Å². The van der Waals surface area contributed by atoms with E-state index in [2.05, 4.69) is 10.5 Å². The molecule has 0 aromatic heterocycles. The molecule has 0 aliphatic rings. The zero-order chi connectivity index (χ0) is 12.3. The number of ether oxygens (including phenoxy) is 2. The smallest absolute Gasteiger partial charge is 0.338 e. The first-order valence-electron chi connectivity index (χ1n) is 5.43. The van der Waals surface area contributed by atoms with Gasteiger partial charge in [0.1, 0.15) is 0 Å². The fourth-order valence-corrected chi connectivity index (χ4v) is 1.18. The fraction of sp³-hybridized carbons (Fsp3) is 0.286. The molecule has 1 rings (SSSR count). The van der Waals surface area contributed by atoms with E-state index < -0.39 is 5.97 Å². The lowest BCUT2D eigenvalue weighted by atomic mass is 10.2. The second-order valence-corrected chi connectivity index (χ2v) is 3.37. The second-order valence-electron chi connectivity index (χ2n) is 3.37. The van der Waals surface area contributed by atoms with E-state index >= 15 is 0 Å². The maximum absolute atomic E-state index is 10.7. The van der Waals surface area contributed by atoms with Crippen molar-refractivity contribution in [2.45, 2.75) is 13.0 Å². The number of hydrogen-bond acceptors (Lipinski definition) is 3. The summed E-state index contributed by atoms with van der Waals surface area (Å²) in [6.45, 7) is 1.21. The predicted octanol–water partition coefficient (Wildman–Crippen LogP) is 2.48. The third kappa shape index (κ3) is 6.36. The Kier molecular flexibility index (Phi) is 6.49. The van der Waals surface area contributed by atoms with E-state index in [9.17, 15) is 4.79 Å². The molecule has 1 aromatic carbocycles. The van der Waals surface area contributed by atoms with E-state index in [0.717, 1.165) is 12.0 Å². The van der Waals surface area contributed by atoms with Crippen LogP contribution in [-0.4, -0.2) is 19.7 Å². The summed E-state index contributed by atoms with van der Waals surface area (Å²) in [6, 6.07) is 9.99. The Morgan fingerprint density at radius 2 is 2.12 bits per heavy atom. The molecule has 0 saturated heterocycles. The molecule has 0 fully saturated rings. The molecule has 3 heteroatoms. The molecule has 0 saturated carbocycles. The van der Waals surface area contributed by atoms with E-state index in [0.29, 0.717) is 13.2 Å². The molecule has 0 spiro atoms. The number of esters is 1. The quantitative estimate of drug-likeness (QED) is 0.327. The number of rotatable bonds is 6.